The van der Waals surface area contributed by atoms with Crippen molar-refractivity contribution in [3.05, 3.63) is 79.4 Å². The minimum absolute atomic E-state index is 0.238. The molecule has 1 amide bonds. The molecule has 9 heteroatoms. The lowest BCUT2D eigenvalue weighted by Crippen LogP contribution is -2.50. The molecule has 0 N–H and O–H groups in total. The second-order valence-corrected chi connectivity index (χ2v) is 11.2. The summed E-state index contributed by atoms with van der Waals surface area (Å²) in [5.41, 5.74) is 5.33. The first kappa shape index (κ1) is 26.7. The van der Waals surface area contributed by atoms with Crippen molar-refractivity contribution >= 4 is 22.6 Å². The van der Waals surface area contributed by atoms with Gasteiger partial charge in [-0.25, -0.2) is 14.3 Å². The molecule has 0 spiro atoms. The number of piperazine rings is 1. The quantitative estimate of drug-likeness (QED) is 0.274. The van der Waals surface area contributed by atoms with Crippen molar-refractivity contribution in [3.8, 4) is 28.0 Å². The summed E-state index contributed by atoms with van der Waals surface area (Å²) in [5, 5.41) is 5.67. The molecule has 0 bridgehead atoms. The SMILES string of the molecule is CC(C)(C)OC(=O)N1CCN(CCOc2ccc(-c3cnc4c(-c5ccnc6ccccc56)cnn4c3)cc2)CC1. The van der Waals surface area contributed by atoms with Crippen LogP contribution in [0.15, 0.2) is 79.4 Å². The van der Waals surface area contributed by atoms with Gasteiger partial charge in [-0.1, -0.05) is 30.3 Å². The highest BCUT2D eigenvalue weighted by Crippen LogP contribution is 2.31. The second-order valence-electron chi connectivity index (χ2n) is 11.2. The minimum Gasteiger partial charge on any atom is -0.492 e. The lowest BCUT2D eigenvalue weighted by atomic mass is 10.0. The van der Waals surface area contributed by atoms with E-state index >= 15 is 0 Å². The van der Waals surface area contributed by atoms with Gasteiger partial charge in [0.2, 0.25) is 0 Å². The molecule has 41 heavy (non-hydrogen) atoms. The van der Waals surface area contributed by atoms with Gasteiger partial charge >= 0.3 is 6.09 Å². The molecule has 2 aromatic carbocycles. The first-order valence-corrected chi connectivity index (χ1v) is 14.0. The van der Waals surface area contributed by atoms with Crippen molar-refractivity contribution in [2.24, 2.45) is 0 Å². The smallest absolute Gasteiger partial charge is 0.410 e. The number of carbonyl (C=O) groups excluding carboxylic acids is 1. The third kappa shape index (κ3) is 6.00. The summed E-state index contributed by atoms with van der Waals surface area (Å²) in [6.45, 7) is 10.0. The molecular formula is C32H34N6O3. The highest BCUT2D eigenvalue weighted by Gasteiger charge is 2.25. The number of carbonyl (C=O) groups is 1. The van der Waals surface area contributed by atoms with Crippen LogP contribution in [0.4, 0.5) is 4.79 Å². The lowest BCUT2D eigenvalue weighted by molar-refractivity contribution is 0.0137. The Hall–Kier alpha value is -4.50. The molecule has 1 saturated heterocycles. The van der Waals surface area contributed by atoms with E-state index in [1.165, 1.54) is 0 Å². The maximum absolute atomic E-state index is 12.3. The van der Waals surface area contributed by atoms with Gasteiger partial charge in [-0.3, -0.25) is 9.88 Å². The lowest BCUT2D eigenvalue weighted by Gasteiger charge is -2.35. The van der Waals surface area contributed by atoms with Crippen LogP contribution in [-0.4, -0.2) is 80.4 Å². The predicted molar refractivity (Wildman–Crippen MR) is 159 cm³/mol. The van der Waals surface area contributed by atoms with Crippen molar-refractivity contribution in [2.45, 2.75) is 26.4 Å². The molecule has 210 valence electrons. The maximum atomic E-state index is 12.3. The van der Waals surface area contributed by atoms with Gasteiger partial charge in [0.1, 0.15) is 18.0 Å². The molecule has 9 nitrogen and oxygen atoms in total. The first-order valence-electron chi connectivity index (χ1n) is 14.0. The molecule has 0 saturated carbocycles. The molecule has 3 aromatic heterocycles. The largest absolute Gasteiger partial charge is 0.492 e. The Labute approximate surface area is 239 Å². The fraction of sp³-hybridized carbons (Fsp3) is 0.312. The fourth-order valence-corrected chi connectivity index (χ4v) is 5.06. The molecule has 0 unspecified atom stereocenters. The summed E-state index contributed by atoms with van der Waals surface area (Å²) in [4.78, 5) is 25.6. The number of hydrogen-bond acceptors (Lipinski definition) is 7. The number of rotatable bonds is 6. The van der Waals surface area contributed by atoms with E-state index in [1.807, 2.05) is 98.6 Å². The van der Waals surface area contributed by atoms with Gasteiger partial charge < -0.3 is 14.4 Å². The summed E-state index contributed by atoms with van der Waals surface area (Å²) in [6.07, 6.45) is 7.34. The number of aromatic nitrogens is 4. The van der Waals surface area contributed by atoms with E-state index in [0.717, 1.165) is 64.2 Å². The fourth-order valence-electron chi connectivity index (χ4n) is 5.06. The average molecular weight is 551 g/mol. The van der Waals surface area contributed by atoms with Crippen LogP contribution in [0, 0.1) is 0 Å². The molecule has 0 aliphatic carbocycles. The zero-order chi connectivity index (χ0) is 28.4. The summed E-state index contributed by atoms with van der Waals surface area (Å²) >= 11 is 0. The first-order chi connectivity index (χ1) is 19.8. The van der Waals surface area contributed by atoms with Crippen molar-refractivity contribution in [1.82, 2.24) is 29.4 Å². The molecule has 1 aliphatic rings. The highest BCUT2D eigenvalue weighted by molar-refractivity contribution is 5.97. The number of hydrogen-bond donors (Lipinski definition) is 0. The van der Waals surface area contributed by atoms with E-state index in [1.54, 1.807) is 4.90 Å². The van der Waals surface area contributed by atoms with Gasteiger partial charge in [0, 0.05) is 67.8 Å². The summed E-state index contributed by atoms with van der Waals surface area (Å²) in [5.74, 6) is 0.820. The van der Waals surface area contributed by atoms with Crippen LogP contribution in [0.2, 0.25) is 0 Å². The van der Waals surface area contributed by atoms with Gasteiger partial charge in [-0.05, 0) is 56.2 Å². The Morgan fingerprint density at radius 2 is 1.66 bits per heavy atom. The number of para-hydroxylation sites is 1. The molecule has 0 atom stereocenters. The maximum Gasteiger partial charge on any atom is 0.410 e. The molecule has 5 aromatic rings. The molecule has 0 radical (unpaired) electrons. The predicted octanol–water partition coefficient (Wildman–Crippen LogP) is 5.54. The van der Waals surface area contributed by atoms with E-state index in [-0.39, 0.29) is 6.09 Å². The van der Waals surface area contributed by atoms with Crippen LogP contribution in [0.3, 0.4) is 0 Å². The van der Waals surface area contributed by atoms with Crippen molar-refractivity contribution in [1.29, 1.82) is 0 Å². The second kappa shape index (κ2) is 11.2. The van der Waals surface area contributed by atoms with Crippen LogP contribution < -0.4 is 4.74 Å². The van der Waals surface area contributed by atoms with Crippen molar-refractivity contribution in [3.63, 3.8) is 0 Å². The Morgan fingerprint density at radius 1 is 0.878 bits per heavy atom. The normalized spacial score (nSPS) is 14.5. The Bertz CT molecular complexity index is 1660. The van der Waals surface area contributed by atoms with Crippen LogP contribution >= 0.6 is 0 Å². The van der Waals surface area contributed by atoms with E-state index in [9.17, 15) is 4.79 Å². The molecular weight excluding hydrogens is 516 g/mol. The standard InChI is InChI=1S/C32H34N6O3/c1-32(2,3)41-31(39)37-16-14-36(15-17-37)18-19-40-25-10-8-23(9-11-25)24-20-34-30-28(21-35-38(30)22-24)26-12-13-33-29-7-5-4-6-27(26)29/h4-13,20-22H,14-19H2,1-3H3. The Balaban J connectivity index is 1.05. The summed E-state index contributed by atoms with van der Waals surface area (Å²) in [7, 11) is 0. The van der Waals surface area contributed by atoms with Crippen LogP contribution in [0.1, 0.15) is 20.8 Å². The van der Waals surface area contributed by atoms with Crippen LogP contribution in [-0.2, 0) is 4.74 Å². The monoisotopic (exact) mass is 550 g/mol. The van der Waals surface area contributed by atoms with Gasteiger partial charge in [0.15, 0.2) is 5.65 Å². The number of nitrogens with zero attached hydrogens (tertiary/aromatic N) is 6. The number of pyridine rings is 1. The van der Waals surface area contributed by atoms with Crippen LogP contribution in [0.25, 0.3) is 38.8 Å². The molecule has 4 heterocycles. The van der Waals surface area contributed by atoms with Gasteiger partial charge in [-0.15, -0.1) is 0 Å². The molecule has 1 fully saturated rings. The van der Waals surface area contributed by atoms with E-state index in [2.05, 4.69) is 21.0 Å². The van der Waals surface area contributed by atoms with E-state index < -0.39 is 5.60 Å². The zero-order valence-electron chi connectivity index (χ0n) is 23.7. The summed E-state index contributed by atoms with van der Waals surface area (Å²) in [6, 6.07) is 18.2. The number of amides is 1. The van der Waals surface area contributed by atoms with Gasteiger partial charge in [-0.2, -0.15) is 5.10 Å². The molecule has 1 aliphatic heterocycles. The summed E-state index contributed by atoms with van der Waals surface area (Å²) < 4.78 is 13.3. The average Bonchev–Trinajstić information content (AvgIpc) is 3.40. The third-order valence-corrected chi connectivity index (χ3v) is 7.18. The number of benzene rings is 2. The van der Waals surface area contributed by atoms with Gasteiger partial charge in [0.25, 0.3) is 0 Å². The van der Waals surface area contributed by atoms with E-state index in [4.69, 9.17) is 14.5 Å². The third-order valence-electron chi connectivity index (χ3n) is 7.18. The topological polar surface area (TPSA) is 85.1 Å². The Morgan fingerprint density at radius 3 is 2.44 bits per heavy atom. The Kier molecular flexibility index (Phi) is 7.28. The van der Waals surface area contributed by atoms with E-state index in [0.29, 0.717) is 19.7 Å². The zero-order valence-corrected chi connectivity index (χ0v) is 23.7. The highest BCUT2D eigenvalue weighted by atomic mass is 16.6. The number of ether oxygens (including phenoxy) is 2. The van der Waals surface area contributed by atoms with Gasteiger partial charge in [0.05, 0.1) is 11.7 Å². The van der Waals surface area contributed by atoms with Crippen molar-refractivity contribution in [2.75, 3.05) is 39.3 Å². The minimum atomic E-state index is -0.472. The van der Waals surface area contributed by atoms with Crippen LogP contribution in [0.5, 0.6) is 5.75 Å². The molecule has 6 rings (SSSR count). The van der Waals surface area contributed by atoms with Crippen molar-refractivity contribution < 1.29 is 14.3 Å². The number of fused-ring (bicyclic) bond motifs is 2.